The topological polar surface area (TPSA) is 38.9 Å². The highest BCUT2D eigenvalue weighted by atomic mass is 16.3. The van der Waals surface area contributed by atoms with Gasteiger partial charge in [-0.3, -0.25) is 0 Å². The molecule has 0 bridgehead atoms. The third-order valence-corrected chi connectivity index (χ3v) is 10.2. The SMILES string of the molecule is c1cc(-c2ccc3ccc4ccc(-c5ccc6ccc7cccc8ccc5c6c78)nc4c3n2)cc(-c2cccc3c2oc2ccccc23)c1. The summed E-state index contributed by atoms with van der Waals surface area (Å²) < 4.78 is 6.37. The molecule has 3 aromatic heterocycles. The molecule has 0 aliphatic carbocycles. The van der Waals surface area contributed by atoms with Crippen molar-refractivity contribution in [3.05, 3.63) is 158 Å². The number of pyridine rings is 2. The highest BCUT2D eigenvalue weighted by Gasteiger charge is 2.16. The van der Waals surface area contributed by atoms with Gasteiger partial charge >= 0.3 is 0 Å². The largest absolute Gasteiger partial charge is 0.455 e. The molecule has 0 amide bonds. The maximum atomic E-state index is 6.37. The number of nitrogens with zero attached hydrogens (tertiary/aromatic N) is 2. The minimum atomic E-state index is 0.901. The first-order chi connectivity index (χ1) is 24.3. The van der Waals surface area contributed by atoms with E-state index in [9.17, 15) is 0 Å². The highest BCUT2D eigenvalue weighted by molar-refractivity contribution is 6.25. The molecule has 3 heterocycles. The normalized spacial score (nSPS) is 12.1. The number of fused-ring (bicyclic) bond motifs is 6. The smallest absolute Gasteiger partial charge is 0.143 e. The lowest BCUT2D eigenvalue weighted by molar-refractivity contribution is 0.670. The molecule has 0 saturated carbocycles. The molecule has 0 fully saturated rings. The summed E-state index contributed by atoms with van der Waals surface area (Å²) in [6.45, 7) is 0. The number of hydrogen-bond donors (Lipinski definition) is 0. The van der Waals surface area contributed by atoms with Gasteiger partial charge in [0, 0.05) is 38.2 Å². The predicted octanol–water partition coefficient (Wildman–Crippen LogP) is 12.6. The van der Waals surface area contributed by atoms with E-state index in [1.165, 1.54) is 32.3 Å². The summed E-state index contributed by atoms with van der Waals surface area (Å²) in [5.41, 5.74) is 9.82. The average Bonchev–Trinajstić information content (AvgIpc) is 3.55. The fourth-order valence-electron chi connectivity index (χ4n) is 7.86. The van der Waals surface area contributed by atoms with E-state index in [1.807, 2.05) is 12.1 Å². The number of furan rings is 1. The molecule has 3 nitrogen and oxygen atoms in total. The first-order valence-electron chi connectivity index (χ1n) is 16.7. The second-order valence-corrected chi connectivity index (χ2v) is 12.9. The van der Waals surface area contributed by atoms with Gasteiger partial charge in [-0.1, -0.05) is 133 Å². The maximum absolute atomic E-state index is 6.37. The van der Waals surface area contributed by atoms with Crippen molar-refractivity contribution in [2.75, 3.05) is 0 Å². The number of rotatable bonds is 3. The van der Waals surface area contributed by atoms with Crippen LogP contribution in [0.3, 0.4) is 0 Å². The Morgan fingerprint density at radius 1 is 0.367 bits per heavy atom. The van der Waals surface area contributed by atoms with E-state index in [-0.39, 0.29) is 0 Å². The summed E-state index contributed by atoms with van der Waals surface area (Å²) in [6.07, 6.45) is 0. The van der Waals surface area contributed by atoms with Crippen molar-refractivity contribution in [2.45, 2.75) is 0 Å². The molecule has 0 unspecified atom stereocenters. The summed E-state index contributed by atoms with van der Waals surface area (Å²) in [6, 6.07) is 56.0. The van der Waals surface area contributed by atoms with Crippen molar-refractivity contribution < 1.29 is 4.42 Å². The third-order valence-electron chi connectivity index (χ3n) is 10.2. The Kier molecular flexibility index (Phi) is 5.38. The zero-order valence-electron chi connectivity index (χ0n) is 26.3. The van der Waals surface area contributed by atoms with Crippen LogP contribution in [0.1, 0.15) is 0 Å². The van der Waals surface area contributed by atoms with E-state index in [4.69, 9.17) is 14.4 Å². The average molecular weight is 623 g/mol. The zero-order valence-corrected chi connectivity index (χ0v) is 26.3. The number of benzene rings is 8. The number of para-hydroxylation sites is 2. The van der Waals surface area contributed by atoms with Gasteiger partial charge in [0.25, 0.3) is 0 Å². The van der Waals surface area contributed by atoms with Crippen molar-refractivity contribution in [3.63, 3.8) is 0 Å². The van der Waals surface area contributed by atoms with Crippen LogP contribution >= 0.6 is 0 Å². The van der Waals surface area contributed by atoms with Gasteiger partial charge < -0.3 is 4.42 Å². The lowest BCUT2D eigenvalue weighted by Gasteiger charge is -2.14. The van der Waals surface area contributed by atoms with Crippen LogP contribution in [0.25, 0.3) is 110 Å². The van der Waals surface area contributed by atoms with Gasteiger partial charge in [-0.15, -0.1) is 0 Å². The van der Waals surface area contributed by atoms with Crippen LogP contribution < -0.4 is 0 Å². The van der Waals surface area contributed by atoms with Gasteiger partial charge in [-0.05, 0) is 62.1 Å². The minimum absolute atomic E-state index is 0.901. The Morgan fingerprint density at radius 2 is 0.980 bits per heavy atom. The molecule has 0 atom stereocenters. The lowest BCUT2D eigenvalue weighted by Crippen LogP contribution is -1.92. The first-order valence-corrected chi connectivity index (χ1v) is 16.7. The summed E-state index contributed by atoms with van der Waals surface area (Å²) in [5.74, 6) is 0. The molecule has 0 saturated heterocycles. The molecule has 11 aromatic rings. The van der Waals surface area contributed by atoms with E-state index in [0.717, 1.165) is 77.4 Å². The molecule has 0 radical (unpaired) electrons. The van der Waals surface area contributed by atoms with Gasteiger partial charge in [0.05, 0.1) is 22.4 Å². The highest BCUT2D eigenvalue weighted by Crippen LogP contribution is 2.40. The van der Waals surface area contributed by atoms with Crippen molar-refractivity contribution in [1.82, 2.24) is 9.97 Å². The Morgan fingerprint density at radius 3 is 1.84 bits per heavy atom. The second kappa shape index (κ2) is 9.96. The molecule has 3 heteroatoms. The Labute approximate surface area is 281 Å². The van der Waals surface area contributed by atoms with Crippen molar-refractivity contribution in [2.24, 2.45) is 0 Å². The molecule has 0 N–H and O–H groups in total. The Bertz CT molecular complexity index is 3100. The maximum Gasteiger partial charge on any atom is 0.143 e. The molecule has 0 aliphatic rings. The lowest BCUT2D eigenvalue weighted by atomic mass is 9.91. The van der Waals surface area contributed by atoms with Crippen LogP contribution in [0.4, 0.5) is 0 Å². The predicted molar refractivity (Wildman–Crippen MR) is 204 cm³/mol. The molecule has 0 spiro atoms. The zero-order chi connectivity index (χ0) is 32.1. The van der Waals surface area contributed by atoms with Gasteiger partial charge in [0.15, 0.2) is 0 Å². The van der Waals surface area contributed by atoms with E-state index >= 15 is 0 Å². The molecule has 49 heavy (non-hydrogen) atoms. The number of aromatic nitrogens is 2. The van der Waals surface area contributed by atoms with Crippen LogP contribution in [-0.2, 0) is 0 Å². The standard InChI is InChI=1S/C46H26N2O/c1-2-13-41-36(10-1)38-12-5-11-34(46(38)49-41)32-8-4-9-33(26-32)39-24-20-30-16-17-31-21-25-40(48-45(31)44(30)47-39)35-22-18-29-15-14-27-6-3-7-28-19-23-37(35)43(29)42(27)28/h1-26H. The van der Waals surface area contributed by atoms with Crippen molar-refractivity contribution in [1.29, 1.82) is 0 Å². The third kappa shape index (κ3) is 3.90. The fraction of sp³-hybridized carbons (Fsp3) is 0. The molecule has 0 aliphatic heterocycles. The van der Waals surface area contributed by atoms with Crippen LogP contribution in [0.5, 0.6) is 0 Å². The minimum Gasteiger partial charge on any atom is -0.455 e. The Hall–Kier alpha value is -6.58. The fourth-order valence-corrected chi connectivity index (χ4v) is 7.86. The molecule has 8 aromatic carbocycles. The van der Waals surface area contributed by atoms with Crippen molar-refractivity contribution in [3.8, 4) is 33.6 Å². The quantitative estimate of drug-likeness (QED) is 0.184. The monoisotopic (exact) mass is 622 g/mol. The van der Waals surface area contributed by atoms with E-state index in [0.29, 0.717) is 0 Å². The van der Waals surface area contributed by atoms with Crippen LogP contribution in [0.2, 0.25) is 0 Å². The first kappa shape index (κ1) is 26.5. The summed E-state index contributed by atoms with van der Waals surface area (Å²) in [4.78, 5) is 10.6. The summed E-state index contributed by atoms with van der Waals surface area (Å²) in [7, 11) is 0. The van der Waals surface area contributed by atoms with Crippen molar-refractivity contribution >= 4 is 76.1 Å². The van der Waals surface area contributed by atoms with Crippen LogP contribution in [0.15, 0.2) is 162 Å². The number of hydrogen-bond acceptors (Lipinski definition) is 3. The summed E-state index contributed by atoms with van der Waals surface area (Å²) >= 11 is 0. The van der Waals surface area contributed by atoms with Gasteiger partial charge in [0.1, 0.15) is 11.2 Å². The van der Waals surface area contributed by atoms with Gasteiger partial charge in [0.2, 0.25) is 0 Å². The van der Waals surface area contributed by atoms with Gasteiger partial charge in [-0.2, -0.15) is 0 Å². The molecular weight excluding hydrogens is 597 g/mol. The van der Waals surface area contributed by atoms with E-state index in [1.54, 1.807) is 0 Å². The van der Waals surface area contributed by atoms with E-state index in [2.05, 4.69) is 146 Å². The van der Waals surface area contributed by atoms with Crippen LogP contribution in [-0.4, -0.2) is 9.97 Å². The van der Waals surface area contributed by atoms with Crippen LogP contribution in [0, 0.1) is 0 Å². The molecule has 226 valence electrons. The molecular formula is C46H26N2O. The van der Waals surface area contributed by atoms with E-state index < -0.39 is 0 Å². The second-order valence-electron chi connectivity index (χ2n) is 12.9. The Balaban J connectivity index is 1.07. The van der Waals surface area contributed by atoms with Gasteiger partial charge in [-0.25, -0.2) is 9.97 Å². The summed E-state index contributed by atoms with van der Waals surface area (Å²) in [5, 5.41) is 12.0. The molecule has 11 rings (SSSR count).